The van der Waals surface area contributed by atoms with E-state index in [0.29, 0.717) is 0 Å². The lowest BCUT2D eigenvalue weighted by Gasteiger charge is -2.12. The minimum atomic E-state index is -0.240. The molecule has 0 fully saturated rings. The SMILES string of the molecule is Cc1ccc2nc(S[C@@H](C)C(=O)Nc3ccccc3C)[nH]c2c1. The Morgan fingerprint density at radius 1 is 1.22 bits per heavy atom. The van der Waals surface area contributed by atoms with Gasteiger partial charge in [-0.1, -0.05) is 36.0 Å². The van der Waals surface area contributed by atoms with E-state index in [1.807, 2.05) is 57.2 Å². The summed E-state index contributed by atoms with van der Waals surface area (Å²) in [6.07, 6.45) is 0. The van der Waals surface area contributed by atoms with Gasteiger partial charge in [-0.05, 0) is 50.1 Å². The Morgan fingerprint density at radius 2 is 2.00 bits per heavy atom. The average Bonchev–Trinajstić information content (AvgIpc) is 2.90. The largest absolute Gasteiger partial charge is 0.333 e. The van der Waals surface area contributed by atoms with Crippen LogP contribution < -0.4 is 5.32 Å². The number of benzene rings is 2. The van der Waals surface area contributed by atoms with Crippen LogP contribution in [0.1, 0.15) is 18.1 Å². The number of aryl methyl sites for hydroxylation is 2. The van der Waals surface area contributed by atoms with Crippen molar-refractivity contribution in [2.24, 2.45) is 0 Å². The van der Waals surface area contributed by atoms with Crippen LogP contribution in [0.25, 0.3) is 11.0 Å². The molecule has 0 saturated heterocycles. The molecule has 118 valence electrons. The van der Waals surface area contributed by atoms with Crippen molar-refractivity contribution in [3.8, 4) is 0 Å². The molecule has 3 rings (SSSR count). The van der Waals surface area contributed by atoms with Crippen molar-refractivity contribution in [2.45, 2.75) is 31.2 Å². The summed E-state index contributed by atoms with van der Waals surface area (Å²) in [6, 6.07) is 13.9. The molecule has 0 spiro atoms. The summed E-state index contributed by atoms with van der Waals surface area (Å²) >= 11 is 1.43. The lowest BCUT2D eigenvalue weighted by atomic mass is 10.2. The summed E-state index contributed by atoms with van der Waals surface area (Å²) in [5.74, 6) is -0.0269. The first-order chi connectivity index (χ1) is 11.0. The molecule has 0 saturated carbocycles. The van der Waals surface area contributed by atoms with Crippen LogP contribution in [0.5, 0.6) is 0 Å². The Kier molecular flexibility index (Phi) is 4.39. The lowest BCUT2D eigenvalue weighted by Crippen LogP contribution is -2.22. The van der Waals surface area contributed by atoms with Gasteiger partial charge >= 0.3 is 0 Å². The number of nitrogens with one attached hydrogen (secondary N) is 2. The van der Waals surface area contributed by atoms with Crippen molar-refractivity contribution in [1.29, 1.82) is 0 Å². The van der Waals surface area contributed by atoms with Crippen LogP contribution in [0, 0.1) is 13.8 Å². The first kappa shape index (κ1) is 15.6. The minimum Gasteiger partial charge on any atom is -0.333 e. The summed E-state index contributed by atoms with van der Waals surface area (Å²) in [6.45, 7) is 5.91. The Bertz CT molecular complexity index is 856. The molecule has 0 aliphatic carbocycles. The molecule has 5 heteroatoms. The standard InChI is InChI=1S/C18H19N3OS/c1-11-8-9-15-16(10-11)21-18(20-15)23-13(3)17(22)19-14-7-5-4-6-12(14)2/h4-10,13H,1-3H3,(H,19,22)(H,20,21)/t13-/m0/s1. The fourth-order valence-electron chi connectivity index (χ4n) is 2.32. The van der Waals surface area contributed by atoms with Gasteiger partial charge in [0.2, 0.25) is 5.91 Å². The number of imidazole rings is 1. The zero-order valence-corrected chi connectivity index (χ0v) is 14.2. The molecule has 0 bridgehead atoms. The van der Waals surface area contributed by atoms with Crippen LogP contribution in [0.3, 0.4) is 0 Å². The van der Waals surface area contributed by atoms with Crippen molar-refractivity contribution >= 4 is 34.4 Å². The van der Waals surface area contributed by atoms with Gasteiger partial charge in [0.05, 0.1) is 16.3 Å². The highest BCUT2D eigenvalue weighted by Gasteiger charge is 2.17. The summed E-state index contributed by atoms with van der Waals surface area (Å²) < 4.78 is 0. The van der Waals surface area contributed by atoms with Crippen LogP contribution in [0.4, 0.5) is 5.69 Å². The molecule has 0 unspecified atom stereocenters. The maximum absolute atomic E-state index is 12.4. The van der Waals surface area contributed by atoms with Gasteiger partial charge in [0.25, 0.3) is 0 Å². The molecular formula is C18H19N3OS. The number of fused-ring (bicyclic) bond motifs is 1. The van der Waals surface area contributed by atoms with Crippen LogP contribution in [0.15, 0.2) is 47.6 Å². The number of rotatable bonds is 4. The summed E-state index contributed by atoms with van der Waals surface area (Å²) in [4.78, 5) is 20.2. The molecule has 2 N–H and O–H groups in total. The number of H-pyrrole nitrogens is 1. The van der Waals surface area contributed by atoms with Crippen LogP contribution >= 0.6 is 11.8 Å². The number of aromatic amines is 1. The van der Waals surface area contributed by atoms with Gasteiger partial charge < -0.3 is 10.3 Å². The van der Waals surface area contributed by atoms with E-state index >= 15 is 0 Å². The van der Waals surface area contributed by atoms with Gasteiger partial charge in [-0.3, -0.25) is 4.79 Å². The fourth-order valence-corrected chi connectivity index (χ4v) is 3.15. The molecule has 1 heterocycles. The maximum atomic E-state index is 12.4. The molecule has 0 radical (unpaired) electrons. The highest BCUT2D eigenvalue weighted by molar-refractivity contribution is 8.00. The van der Waals surface area contributed by atoms with E-state index in [1.54, 1.807) is 0 Å². The van der Waals surface area contributed by atoms with Gasteiger partial charge in [-0.25, -0.2) is 4.98 Å². The maximum Gasteiger partial charge on any atom is 0.237 e. The zero-order chi connectivity index (χ0) is 16.4. The first-order valence-electron chi connectivity index (χ1n) is 7.52. The summed E-state index contributed by atoms with van der Waals surface area (Å²) in [5.41, 5.74) is 5.01. The van der Waals surface area contributed by atoms with E-state index in [0.717, 1.165) is 27.4 Å². The third kappa shape index (κ3) is 3.56. The van der Waals surface area contributed by atoms with Crippen molar-refractivity contribution in [3.05, 3.63) is 53.6 Å². The third-order valence-corrected chi connectivity index (χ3v) is 4.66. The molecule has 0 aliphatic rings. The van der Waals surface area contributed by atoms with E-state index < -0.39 is 0 Å². The molecule has 1 amide bonds. The van der Waals surface area contributed by atoms with Crippen molar-refractivity contribution in [3.63, 3.8) is 0 Å². The second kappa shape index (κ2) is 6.46. The van der Waals surface area contributed by atoms with Gasteiger partial charge in [-0.2, -0.15) is 0 Å². The monoisotopic (exact) mass is 325 g/mol. The highest BCUT2D eigenvalue weighted by Crippen LogP contribution is 2.25. The number of hydrogen-bond donors (Lipinski definition) is 2. The van der Waals surface area contributed by atoms with Crippen molar-refractivity contribution in [1.82, 2.24) is 9.97 Å². The number of nitrogens with zero attached hydrogens (tertiary/aromatic N) is 1. The van der Waals surface area contributed by atoms with Gasteiger partial charge in [0, 0.05) is 5.69 Å². The minimum absolute atomic E-state index is 0.0269. The smallest absolute Gasteiger partial charge is 0.237 e. The number of amides is 1. The number of aromatic nitrogens is 2. The molecule has 0 aliphatic heterocycles. The van der Waals surface area contributed by atoms with Crippen LogP contribution in [-0.4, -0.2) is 21.1 Å². The Labute approximate surface area is 139 Å². The van der Waals surface area contributed by atoms with Crippen LogP contribution in [0.2, 0.25) is 0 Å². The van der Waals surface area contributed by atoms with Crippen molar-refractivity contribution < 1.29 is 4.79 Å². The molecule has 1 atom stereocenters. The predicted octanol–water partition coefficient (Wildman–Crippen LogP) is 4.30. The molecule has 3 aromatic rings. The van der Waals surface area contributed by atoms with E-state index in [-0.39, 0.29) is 11.2 Å². The molecular weight excluding hydrogens is 306 g/mol. The highest BCUT2D eigenvalue weighted by atomic mass is 32.2. The van der Waals surface area contributed by atoms with Crippen LogP contribution in [-0.2, 0) is 4.79 Å². The number of carbonyl (C=O) groups excluding carboxylic acids is 1. The number of hydrogen-bond acceptors (Lipinski definition) is 3. The average molecular weight is 325 g/mol. The molecule has 23 heavy (non-hydrogen) atoms. The molecule has 1 aromatic heterocycles. The summed E-state index contributed by atoms with van der Waals surface area (Å²) in [7, 11) is 0. The summed E-state index contributed by atoms with van der Waals surface area (Å²) in [5, 5.41) is 3.49. The molecule has 2 aromatic carbocycles. The Morgan fingerprint density at radius 3 is 2.78 bits per heavy atom. The fraction of sp³-hybridized carbons (Fsp3) is 0.222. The second-order valence-corrected chi connectivity index (χ2v) is 6.96. The number of carbonyl (C=O) groups is 1. The quantitative estimate of drug-likeness (QED) is 0.703. The van der Waals surface area contributed by atoms with E-state index in [2.05, 4.69) is 21.4 Å². The normalized spacial score (nSPS) is 12.3. The lowest BCUT2D eigenvalue weighted by molar-refractivity contribution is -0.115. The first-order valence-corrected chi connectivity index (χ1v) is 8.40. The van der Waals surface area contributed by atoms with Gasteiger partial charge in [0.1, 0.15) is 0 Å². The zero-order valence-electron chi connectivity index (χ0n) is 13.4. The Balaban J connectivity index is 1.71. The Hall–Kier alpha value is -2.27. The van der Waals surface area contributed by atoms with E-state index in [9.17, 15) is 4.79 Å². The second-order valence-electron chi connectivity index (χ2n) is 5.63. The topological polar surface area (TPSA) is 57.8 Å². The van der Waals surface area contributed by atoms with Crippen molar-refractivity contribution in [2.75, 3.05) is 5.32 Å². The number of thioether (sulfide) groups is 1. The number of anilines is 1. The van der Waals surface area contributed by atoms with E-state index in [1.165, 1.54) is 17.3 Å². The molecule has 4 nitrogen and oxygen atoms in total. The van der Waals surface area contributed by atoms with E-state index in [4.69, 9.17) is 0 Å². The third-order valence-electron chi connectivity index (χ3n) is 3.68. The predicted molar refractivity (Wildman–Crippen MR) is 96.0 cm³/mol. The number of para-hydroxylation sites is 1. The van der Waals surface area contributed by atoms with Gasteiger partial charge in [-0.15, -0.1) is 0 Å². The van der Waals surface area contributed by atoms with Gasteiger partial charge in [0.15, 0.2) is 5.16 Å².